The quantitative estimate of drug-likeness (QED) is 0.882. The Labute approximate surface area is 152 Å². The summed E-state index contributed by atoms with van der Waals surface area (Å²) in [6, 6.07) is 7.56. The Morgan fingerprint density at radius 2 is 1.92 bits per heavy atom. The lowest BCUT2D eigenvalue weighted by Gasteiger charge is -2.21. The summed E-state index contributed by atoms with van der Waals surface area (Å²) in [4.78, 5) is 27.2. The van der Waals surface area contributed by atoms with Crippen LogP contribution in [0.3, 0.4) is 0 Å². The second-order valence-electron chi connectivity index (χ2n) is 7.47. The fourth-order valence-corrected chi connectivity index (χ4v) is 4.24. The molecule has 1 saturated heterocycles. The van der Waals surface area contributed by atoms with E-state index in [1.165, 1.54) is 0 Å². The van der Waals surface area contributed by atoms with Crippen LogP contribution in [-0.4, -0.2) is 48.4 Å². The summed E-state index contributed by atoms with van der Waals surface area (Å²) >= 11 is 0. The van der Waals surface area contributed by atoms with Crippen molar-refractivity contribution in [2.75, 3.05) is 13.6 Å². The lowest BCUT2D eigenvalue weighted by Crippen LogP contribution is -2.45. The van der Waals surface area contributed by atoms with Crippen molar-refractivity contribution in [3.05, 3.63) is 36.1 Å². The number of nitrogens with zero attached hydrogens (tertiary/aromatic N) is 1. The predicted octanol–water partition coefficient (Wildman–Crippen LogP) is 2.29. The number of carbonyl (C=O) groups excluding carboxylic acids is 2. The molecular weight excluding hydrogens is 330 g/mol. The van der Waals surface area contributed by atoms with Crippen molar-refractivity contribution in [2.24, 2.45) is 0 Å². The summed E-state index contributed by atoms with van der Waals surface area (Å²) in [6.07, 6.45) is 6.20. The fraction of sp³-hybridized carbons (Fsp3) is 0.500. The molecular formula is C20H25N3O3. The first-order chi connectivity index (χ1) is 12.6. The van der Waals surface area contributed by atoms with Crippen LogP contribution in [0.4, 0.5) is 0 Å². The summed E-state index contributed by atoms with van der Waals surface area (Å²) in [5.41, 5.74) is 1.35. The first-order valence-electron chi connectivity index (χ1n) is 9.39. The molecule has 2 heterocycles. The van der Waals surface area contributed by atoms with E-state index in [0.717, 1.165) is 49.6 Å². The van der Waals surface area contributed by atoms with Gasteiger partial charge >= 0.3 is 0 Å². The minimum Gasteiger partial charge on any atom is -0.464 e. The average Bonchev–Trinajstić information content (AvgIpc) is 3.35. The Hall–Kier alpha value is -2.34. The van der Waals surface area contributed by atoms with Gasteiger partial charge in [0.1, 0.15) is 5.58 Å². The Bertz CT molecular complexity index is 815. The molecule has 0 spiro atoms. The highest BCUT2D eigenvalue weighted by molar-refractivity contribution is 6.06. The lowest BCUT2D eigenvalue weighted by molar-refractivity contribution is -0.125. The SMILES string of the molecule is CN1CCC[C@H]1C(=O)N[C@@H]1CC[C@H](NC(=O)c2cccc3occc23)C1. The molecule has 0 bridgehead atoms. The van der Waals surface area contributed by atoms with Crippen LogP contribution in [0.1, 0.15) is 42.5 Å². The highest BCUT2D eigenvalue weighted by Gasteiger charge is 2.32. The molecule has 1 saturated carbocycles. The number of likely N-dealkylation sites (N-methyl/N-ethyl adjacent to an activating group) is 1. The molecule has 138 valence electrons. The van der Waals surface area contributed by atoms with E-state index in [2.05, 4.69) is 15.5 Å². The first kappa shape index (κ1) is 17.1. The van der Waals surface area contributed by atoms with Crippen molar-refractivity contribution in [3.63, 3.8) is 0 Å². The smallest absolute Gasteiger partial charge is 0.252 e. The van der Waals surface area contributed by atoms with E-state index in [0.29, 0.717) is 5.56 Å². The molecule has 4 rings (SSSR count). The Morgan fingerprint density at radius 1 is 1.12 bits per heavy atom. The number of rotatable bonds is 4. The van der Waals surface area contributed by atoms with Crippen molar-refractivity contribution < 1.29 is 14.0 Å². The maximum absolute atomic E-state index is 12.6. The lowest BCUT2D eigenvalue weighted by atomic mass is 10.1. The number of amides is 2. The number of furan rings is 1. The van der Waals surface area contributed by atoms with E-state index in [1.807, 2.05) is 31.3 Å². The Kier molecular flexibility index (Phi) is 4.68. The highest BCUT2D eigenvalue weighted by Crippen LogP contribution is 2.23. The molecule has 1 aliphatic carbocycles. The normalized spacial score (nSPS) is 26.3. The van der Waals surface area contributed by atoms with Gasteiger partial charge in [-0.2, -0.15) is 0 Å². The van der Waals surface area contributed by atoms with Crippen LogP contribution in [0.5, 0.6) is 0 Å². The Balaban J connectivity index is 1.33. The van der Waals surface area contributed by atoms with Crippen LogP contribution >= 0.6 is 0 Å². The van der Waals surface area contributed by atoms with Crippen molar-refractivity contribution in [1.29, 1.82) is 0 Å². The van der Waals surface area contributed by atoms with Crippen LogP contribution in [0.15, 0.2) is 34.9 Å². The monoisotopic (exact) mass is 355 g/mol. The first-order valence-corrected chi connectivity index (χ1v) is 9.39. The van der Waals surface area contributed by atoms with E-state index in [1.54, 1.807) is 6.26 Å². The molecule has 2 amide bonds. The topological polar surface area (TPSA) is 74.6 Å². The van der Waals surface area contributed by atoms with Gasteiger partial charge in [-0.05, 0) is 63.9 Å². The number of carbonyl (C=O) groups is 2. The van der Waals surface area contributed by atoms with Crippen molar-refractivity contribution in [3.8, 4) is 0 Å². The van der Waals surface area contributed by atoms with E-state index in [9.17, 15) is 9.59 Å². The third-order valence-corrected chi connectivity index (χ3v) is 5.68. The number of fused-ring (bicyclic) bond motifs is 1. The molecule has 6 nitrogen and oxygen atoms in total. The molecule has 6 heteroatoms. The van der Waals surface area contributed by atoms with Gasteiger partial charge in [0.15, 0.2) is 0 Å². The standard InChI is InChI=1S/C20H25N3O3/c1-23-10-3-5-17(23)20(25)22-14-8-7-13(12-14)21-19(24)16-4-2-6-18-15(16)9-11-26-18/h2,4,6,9,11,13-14,17H,3,5,7-8,10,12H2,1H3,(H,21,24)(H,22,25)/t13-,14+,17-/m0/s1. The van der Waals surface area contributed by atoms with E-state index < -0.39 is 0 Å². The zero-order chi connectivity index (χ0) is 18.1. The fourth-order valence-electron chi connectivity index (χ4n) is 4.24. The van der Waals surface area contributed by atoms with Gasteiger partial charge < -0.3 is 15.1 Å². The number of likely N-dealkylation sites (tertiary alicyclic amines) is 1. The summed E-state index contributed by atoms with van der Waals surface area (Å²) < 4.78 is 5.37. The maximum Gasteiger partial charge on any atom is 0.252 e. The largest absolute Gasteiger partial charge is 0.464 e. The molecule has 1 aliphatic heterocycles. The van der Waals surface area contributed by atoms with Gasteiger partial charge in [0.25, 0.3) is 5.91 Å². The zero-order valence-corrected chi connectivity index (χ0v) is 15.0. The van der Waals surface area contributed by atoms with Gasteiger partial charge in [0, 0.05) is 17.5 Å². The molecule has 2 aromatic rings. The third kappa shape index (κ3) is 3.33. The molecule has 0 radical (unpaired) electrons. The van der Waals surface area contributed by atoms with Gasteiger partial charge in [-0.1, -0.05) is 6.07 Å². The third-order valence-electron chi connectivity index (χ3n) is 5.68. The molecule has 1 aromatic carbocycles. The van der Waals surface area contributed by atoms with Crippen LogP contribution in [0, 0.1) is 0 Å². The summed E-state index contributed by atoms with van der Waals surface area (Å²) in [5, 5.41) is 7.12. The zero-order valence-electron chi connectivity index (χ0n) is 15.0. The van der Waals surface area contributed by atoms with E-state index in [4.69, 9.17) is 4.42 Å². The van der Waals surface area contributed by atoms with Crippen LogP contribution in [0.2, 0.25) is 0 Å². The molecule has 2 aliphatic rings. The second-order valence-corrected chi connectivity index (χ2v) is 7.47. The van der Waals surface area contributed by atoms with Crippen LogP contribution in [0.25, 0.3) is 11.0 Å². The minimum atomic E-state index is -0.0792. The van der Waals surface area contributed by atoms with Gasteiger partial charge in [0.05, 0.1) is 17.9 Å². The molecule has 0 unspecified atom stereocenters. The average molecular weight is 355 g/mol. The number of hydrogen-bond acceptors (Lipinski definition) is 4. The number of nitrogens with one attached hydrogen (secondary N) is 2. The highest BCUT2D eigenvalue weighted by atomic mass is 16.3. The molecule has 2 fully saturated rings. The van der Waals surface area contributed by atoms with Crippen molar-refractivity contribution in [1.82, 2.24) is 15.5 Å². The molecule has 2 N–H and O–H groups in total. The van der Waals surface area contributed by atoms with Gasteiger partial charge in [-0.25, -0.2) is 0 Å². The predicted molar refractivity (Wildman–Crippen MR) is 98.9 cm³/mol. The van der Waals surface area contributed by atoms with Crippen molar-refractivity contribution in [2.45, 2.75) is 50.2 Å². The summed E-state index contributed by atoms with van der Waals surface area (Å²) in [6.45, 7) is 0.987. The second kappa shape index (κ2) is 7.11. The molecule has 1 aromatic heterocycles. The summed E-state index contributed by atoms with van der Waals surface area (Å²) in [7, 11) is 2.01. The molecule has 26 heavy (non-hydrogen) atoms. The van der Waals surface area contributed by atoms with Crippen molar-refractivity contribution >= 4 is 22.8 Å². The minimum absolute atomic E-state index is 0.00216. The van der Waals surface area contributed by atoms with Crippen LogP contribution < -0.4 is 10.6 Å². The number of benzene rings is 1. The maximum atomic E-state index is 12.6. The van der Waals surface area contributed by atoms with Crippen LogP contribution in [-0.2, 0) is 4.79 Å². The van der Waals surface area contributed by atoms with Gasteiger partial charge in [0.2, 0.25) is 5.91 Å². The van der Waals surface area contributed by atoms with E-state index >= 15 is 0 Å². The van der Waals surface area contributed by atoms with Gasteiger partial charge in [-0.15, -0.1) is 0 Å². The summed E-state index contributed by atoms with van der Waals surface area (Å²) in [5.74, 6) is 0.0506. The van der Waals surface area contributed by atoms with Gasteiger partial charge in [-0.3, -0.25) is 14.5 Å². The Morgan fingerprint density at radius 3 is 2.69 bits per heavy atom. The number of hydrogen-bond donors (Lipinski definition) is 2. The molecule has 3 atom stereocenters. The van der Waals surface area contributed by atoms with E-state index in [-0.39, 0.29) is 29.9 Å².